The number of carboxylic acids is 1. The van der Waals surface area contributed by atoms with Crippen LogP contribution in [-0.4, -0.2) is 52.0 Å². The SMILES string of the molecule is CC(C)(C)OC(=O)N1CC2(CCC(C)(C(=O)O)O2)C1. The van der Waals surface area contributed by atoms with Gasteiger partial charge in [-0.15, -0.1) is 0 Å². The van der Waals surface area contributed by atoms with Crippen molar-refractivity contribution in [2.45, 2.75) is 57.3 Å². The lowest BCUT2D eigenvalue weighted by Crippen LogP contribution is -2.64. The van der Waals surface area contributed by atoms with E-state index in [1.165, 1.54) is 0 Å². The van der Waals surface area contributed by atoms with Crippen LogP contribution in [0.25, 0.3) is 0 Å². The molecule has 2 aliphatic rings. The Morgan fingerprint density at radius 3 is 2.26 bits per heavy atom. The molecule has 2 fully saturated rings. The van der Waals surface area contributed by atoms with Crippen molar-refractivity contribution in [3.05, 3.63) is 0 Å². The molecule has 1 N–H and O–H groups in total. The van der Waals surface area contributed by atoms with E-state index in [2.05, 4.69) is 0 Å². The van der Waals surface area contributed by atoms with Gasteiger partial charge in [0.15, 0.2) is 5.60 Å². The molecule has 0 saturated carbocycles. The van der Waals surface area contributed by atoms with Gasteiger partial charge in [-0.2, -0.15) is 0 Å². The third-order valence-corrected chi connectivity index (χ3v) is 3.56. The molecule has 6 heteroatoms. The average Bonchev–Trinajstić information content (AvgIpc) is 2.53. The fourth-order valence-electron chi connectivity index (χ4n) is 2.52. The first-order valence-corrected chi connectivity index (χ1v) is 6.47. The number of carbonyl (C=O) groups excluding carboxylic acids is 1. The van der Waals surface area contributed by atoms with Gasteiger partial charge in [-0.3, -0.25) is 0 Å². The van der Waals surface area contributed by atoms with Crippen molar-refractivity contribution in [3.63, 3.8) is 0 Å². The minimum absolute atomic E-state index is 0.370. The van der Waals surface area contributed by atoms with Crippen LogP contribution in [0, 0.1) is 0 Å². The fourth-order valence-corrected chi connectivity index (χ4v) is 2.52. The van der Waals surface area contributed by atoms with Crippen LogP contribution >= 0.6 is 0 Å². The van der Waals surface area contributed by atoms with E-state index in [0.717, 1.165) is 0 Å². The zero-order valence-corrected chi connectivity index (χ0v) is 11.9. The first kappa shape index (κ1) is 14.1. The van der Waals surface area contributed by atoms with Crippen molar-refractivity contribution in [1.82, 2.24) is 4.90 Å². The van der Waals surface area contributed by atoms with Crippen LogP contribution in [0.2, 0.25) is 0 Å². The quantitative estimate of drug-likeness (QED) is 0.784. The molecule has 108 valence electrons. The highest BCUT2D eigenvalue weighted by molar-refractivity contribution is 5.77. The minimum Gasteiger partial charge on any atom is -0.479 e. The number of aliphatic carboxylic acids is 1. The number of hydrogen-bond donors (Lipinski definition) is 1. The molecule has 6 nitrogen and oxygen atoms in total. The summed E-state index contributed by atoms with van der Waals surface area (Å²) in [6.07, 6.45) is 0.769. The van der Waals surface area contributed by atoms with Crippen molar-refractivity contribution < 1.29 is 24.2 Å². The van der Waals surface area contributed by atoms with Gasteiger partial charge in [-0.25, -0.2) is 9.59 Å². The van der Waals surface area contributed by atoms with Crippen molar-refractivity contribution in [2.24, 2.45) is 0 Å². The Hall–Kier alpha value is -1.30. The lowest BCUT2D eigenvalue weighted by Gasteiger charge is -2.47. The summed E-state index contributed by atoms with van der Waals surface area (Å²) in [5.41, 5.74) is -2.14. The maximum absolute atomic E-state index is 11.8. The number of rotatable bonds is 1. The number of carboxylic acid groups (broad SMARTS) is 1. The van der Waals surface area contributed by atoms with Gasteiger partial charge in [0, 0.05) is 0 Å². The molecule has 19 heavy (non-hydrogen) atoms. The maximum Gasteiger partial charge on any atom is 0.410 e. The van der Waals surface area contributed by atoms with Crippen molar-refractivity contribution in [2.75, 3.05) is 13.1 Å². The second-order valence-corrected chi connectivity index (χ2v) is 6.66. The fraction of sp³-hybridized carbons (Fsp3) is 0.846. The zero-order chi connectivity index (χ0) is 14.5. The number of likely N-dealkylation sites (tertiary alicyclic amines) is 1. The van der Waals surface area contributed by atoms with E-state index in [-0.39, 0.29) is 6.09 Å². The highest BCUT2D eigenvalue weighted by Gasteiger charge is 2.58. The van der Waals surface area contributed by atoms with E-state index in [0.29, 0.717) is 25.9 Å². The van der Waals surface area contributed by atoms with Gasteiger partial charge in [-0.05, 0) is 40.5 Å². The lowest BCUT2D eigenvalue weighted by atomic mass is 9.90. The smallest absolute Gasteiger partial charge is 0.410 e. The van der Waals surface area contributed by atoms with Gasteiger partial charge < -0.3 is 19.5 Å². The summed E-state index contributed by atoms with van der Waals surface area (Å²) >= 11 is 0. The molecule has 0 aromatic heterocycles. The second-order valence-electron chi connectivity index (χ2n) is 6.66. The predicted molar refractivity (Wildman–Crippen MR) is 66.9 cm³/mol. The Bertz CT molecular complexity index is 408. The molecular weight excluding hydrogens is 250 g/mol. The average molecular weight is 271 g/mol. The Balaban J connectivity index is 1.90. The second kappa shape index (κ2) is 4.10. The molecule has 0 aliphatic carbocycles. The summed E-state index contributed by atoms with van der Waals surface area (Å²) in [7, 11) is 0. The predicted octanol–water partition coefficient (Wildman–Crippen LogP) is 1.63. The van der Waals surface area contributed by atoms with Crippen molar-refractivity contribution in [3.8, 4) is 0 Å². The molecule has 2 rings (SSSR count). The highest BCUT2D eigenvalue weighted by atomic mass is 16.6. The van der Waals surface area contributed by atoms with E-state index in [4.69, 9.17) is 14.6 Å². The molecule has 0 radical (unpaired) electrons. The lowest BCUT2D eigenvalue weighted by molar-refractivity contribution is -0.188. The van der Waals surface area contributed by atoms with Crippen LogP contribution in [0.15, 0.2) is 0 Å². The topological polar surface area (TPSA) is 76.1 Å². The van der Waals surface area contributed by atoms with Crippen molar-refractivity contribution >= 4 is 12.1 Å². The largest absolute Gasteiger partial charge is 0.479 e. The van der Waals surface area contributed by atoms with E-state index < -0.39 is 22.8 Å². The summed E-state index contributed by atoms with van der Waals surface area (Å²) in [4.78, 5) is 24.5. The summed E-state index contributed by atoms with van der Waals surface area (Å²) in [6.45, 7) is 7.84. The first-order chi connectivity index (χ1) is 8.55. The van der Waals surface area contributed by atoms with Gasteiger partial charge in [0.05, 0.1) is 13.1 Å². The van der Waals surface area contributed by atoms with Crippen LogP contribution in [0.4, 0.5) is 4.79 Å². The number of nitrogens with zero attached hydrogens (tertiary/aromatic N) is 1. The molecule has 1 atom stereocenters. The van der Waals surface area contributed by atoms with Gasteiger partial charge >= 0.3 is 12.1 Å². The molecule has 1 spiro atoms. The van der Waals surface area contributed by atoms with Crippen LogP contribution < -0.4 is 0 Å². The molecule has 0 bridgehead atoms. The van der Waals surface area contributed by atoms with Crippen LogP contribution in [0.3, 0.4) is 0 Å². The van der Waals surface area contributed by atoms with Crippen LogP contribution in [-0.2, 0) is 14.3 Å². The van der Waals surface area contributed by atoms with E-state index in [1.54, 1.807) is 11.8 Å². The van der Waals surface area contributed by atoms with Gasteiger partial charge in [0.1, 0.15) is 11.2 Å². The molecule has 1 unspecified atom stereocenters. The maximum atomic E-state index is 11.8. The number of hydrogen-bond acceptors (Lipinski definition) is 4. The normalized spacial score (nSPS) is 29.2. The molecule has 2 heterocycles. The van der Waals surface area contributed by atoms with E-state index in [9.17, 15) is 9.59 Å². The standard InChI is InChI=1S/C13H21NO5/c1-11(2,3)18-10(17)14-7-13(8-14)6-5-12(4,19-13)9(15)16/h5-8H2,1-4H3,(H,15,16). The Kier molecular flexibility index (Phi) is 3.04. The summed E-state index contributed by atoms with van der Waals surface area (Å²) < 4.78 is 11.0. The summed E-state index contributed by atoms with van der Waals surface area (Å²) in [6, 6.07) is 0. The van der Waals surface area contributed by atoms with E-state index in [1.807, 2.05) is 20.8 Å². The first-order valence-electron chi connectivity index (χ1n) is 6.47. The van der Waals surface area contributed by atoms with Gasteiger partial charge in [0.2, 0.25) is 0 Å². The zero-order valence-electron chi connectivity index (χ0n) is 11.9. The van der Waals surface area contributed by atoms with Crippen LogP contribution in [0.1, 0.15) is 40.5 Å². The number of ether oxygens (including phenoxy) is 2. The Labute approximate surface area is 112 Å². The Morgan fingerprint density at radius 2 is 1.84 bits per heavy atom. The third kappa shape index (κ3) is 2.68. The molecule has 2 aliphatic heterocycles. The van der Waals surface area contributed by atoms with Crippen molar-refractivity contribution in [1.29, 1.82) is 0 Å². The van der Waals surface area contributed by atoms with Gasteiger partial charge in [-0.1, -0.05) is 0 Å². The molecular formula is C13H21NO5. The van der Waals surface area contributed by atoms with Crippen LogP contribution in [0.5, 0.6) is 0 Å². The minimum atomic E-state index is -1.12. The van der Waals surface area contributed by atoms with Gasteiger partial charge in [0.25, 0.3) is 0 Å². The highest BCUT2D eigenvalue weighted by Crippen LogP contribution is 2.43. The molecule has 0 aromatic rings. The number of amides is 1. The monoisotopic (exact) mass is 271 g/mol. The Morgan fingerprint density at radius 1 is 1.26 bits per heavy atom. The molecule has 2 saturated heterocycles. The molecule has 1 amide bonds. The molecule has 0 aromatic carbocycles. The summed E-state index contributed by atoms with van der Waals surface area (Å²) in [5.74, 6) is -0.944. The summed E-state index contributed by atoms with van der Waals surface area (Å²) in [5, 5.41) is 9.12. The van der Waals surface area contributed by atoms with E-state index >= 15 is 0 Å². The third-order valence-electron chi connectivity index (χ3n) is 3.56. The number of carbonyl (C=O) groups is 2.